The monoisotopic (exact) mass is 711 g/mol. The Kier molecular flexibility index (Phi) is 13.1. The summed E-state index contributed by atoms with van der Waals surface area (Å²) >= 11 is 12.3. The number of carbonyl (C=O) groups is 2. The highest BCUT2D eigenvalue weighted by Crippen LogP contribution is 2.33. The minimum absolute atomic E-state index is 0.0273. The average molecular weight is 713 g/mol. The van der Waals surface area contributed by atoms with Crippen molar-refractivity contribution < 1.29 is 27.5 Å². The van der Waals surface area contributed by atoms with Crippen molar-refractivity contribution in [1.29, 1.82) is 0 Å². The van der Waals surface area contributed by atoms with E-state index in [-0.39, 0.29) is 35.2 Å². The van der Waals surface area contributed by atoms with Gasteiger partial charge in [-0.25, -0.2) is 8.42 Å². The third-order valence-electron chi connectivity index (χ3n) is 7.70. The zero-order valence-electron chi connectivity index (χ0n) is 27.1. The summed E-state index contributed by atoms with van der Waals surface area (Å²) in [6.07, 6.45) is 1.85. The van der Waals surface area contributed by atoms with Gasteiger partial charge in [0.2, 0.25) is 11.8 Å². The molecule has 0 fully saturated rings. The first-order valence-corrected chi connectivity index (χ1v) is 17.6. The van der Waals surface area contributed by atoms with Gasteiger partial charge >= 0.3 is 0 Å². The van der Waals surface area contributed by atoms with Crippen LogP contribution in [0.1, 0.15) is 30.9 Å². The number of anilines is 1. The number of hydrogen-bond donors (Lipinski definition) is 1. The summed E-state index contributed by atoms with van der Waals surface area (Å²) in [5, 5.41) is 3.89. The first kappa shape index (κ1) is 36.6. The average Bonchev–Trinajstić information content (AvgIpc) is 3.10. The van der Waals surface area contributed by atoms with Crippen LogP contribution in [0.5, 0.6) is 11.5 Å². The summed E-state index contributed by atoms with van der Waals surface area (Å²) in [5.41, 5.74) is 1.77. The SMILES string of the molecule is CCCCNC(=O)[C@@H](Cc1ccccc1)N(Cc1ccc(Cl)cc1)C(=O)CN(c1ccc(Cl)cc1)S(=O)(=O)c1ccc(OC)c(OC)c1. The second-order valence-electron chi connectivity index (χ2n) is 11.0. The van der Waals surface area contributed by atoms with Gasteiger partial charge in [-0.3, -0.25) is 13.9 Å². The molecule has 0 bridgehead atoms. The molecule has 0 aliphatic carbocycles. The Labute approximate surface area is 292 Å². The maximum absolute atomic E-state index is 14.6. The summed E-state index contributed by atoms with van der Waals surface area (Å²) in [6, 6.07) is 25.7. The standard InChI is InChI=1S/C36H39Cl2N3O6S/c1-4-5-21-39-36(43)32(22-26-9-7-6-8-10-26)40(24-27-11-13-28(37)14-12-27)35(42)25-41(30-17-15-29(38)16-18-30)48(44,45)31-19-20-33(46-2)34(23-31)47-3/h6-20,23,32H,4-5,21-22,24-25H2,1-3H3,(H,39,43)/t32-/m1/s1. The molecule has 0 spiro atoms. The van der Waals surface area contributed by atoms with Crippen molar-refractivity contribution >= 4 is 50.7 Å². The van der Waals surface area contributed by atoms with Crippen LogP contribution in [-0.2, 0) is 32.6 Å². The minimum atomic E-state index is -4.36. The van der Waals surface area contributed by atoms with Crippen molar-refractivity contribution in [3.8, 4) is 11.5 Å². The van der Waals surface area contributed by atoms with Crippen molar-refractivity contribution in [3.63, 3.8) is 0 Å². The number of nitrogens with one attached hydrogen (secondary N) is 1. The number of unbranched alkanes of at least 4 members (excludes halogenated alkanes) is 1. The van der Waals surface area contributed by atoms with Crippen molar-refractivity contribution in [2.45, 2.75) is 43.7 Å². The molecule has 0 saturated carbocycles. The van der Waals surface area contributed by atoms with Gasteiger partial charge in [0, 0.05) is 35.6 Å². The van der Waals surface area contributed by atoms with Gasteiger partial charge in [-0.15, -0.1) is 0 Å². The van der Waals surface area contributed by atoms with E-state index < -0.39 is 28.5 Å². The molecule has 48 heavy (non-hydrogen) atoms. The van der Waals surface area contributed by atoms with Crippen LogP contribution < -0.4 is 19.1 Å². The van der Waals surface area contributed by atoms with Gasteiger partial charge in [-0.2, -0.15) is 0 Å². The topological polar surface area (TPSA) is 105 Å². The molecule has 254 valence electrons. The van der Waals surface area contributed by atoms with Crippen molar-refractivity contribution in [3.05, 3.63) is 118 Å². The number of rotatable bonds is 16. The molecule has 0 aromatic heterocycles. The Bertz CT molecular complexity index is 1770. The molecule has 2 amide bonds. The Morgan fingerprint density at radius 1 is 0.812 bits per heavy atom. The fourth-order valence-corrected chi connectivity index (χ4v) is 6.77. The number of benzene rings is 4. The molecular weight excluding hydrogens is 673 g/mol. The lowest BCUT2D eigenvalue weighted by atomic mass is 10.0. The predicted molar refractivity (Wildman–Crippen MR) is 189 cm³/mol. The summed E-state index contributed by atoms with van der Waals surface area (Å²) in [4.78, 5) is 29.7. The molecule has 12 heteroatoms. The number of hydrogen-bond acceptors (Lipinski definition) is 6. The summed E-state index contributed by atoms with van der Waals surface area (Å²) in [6.45, 7) is 1.88. The number of sulfonamides is 1. The molecule has 4 aromatic rings. The van der Waals surface area contributed by atoms with E-state index >= 15 is 0 Å². The summed E-state index contributed by atoms with van der Waals surface area (Å²) < 4.78 is 40.4. The minimum Gasteiger partial charge on any atom is -0.493 e. The molecule has 4 aromatic carbocycles. The quantitative estimate of drug-likeness (QED) is 0.129. The molecule has 0 aliphatic rings. The molecule has 0 radical (unpaired) electrons. The zero-order chi connectivity index (χ0) is 34.7. The highest BCUT2D eigenvalue weighted by molar-refractivity contribution is 7.92. The molecule has 1 atom stereocenters. The van der Waals surface area contributed by atoms with Gasteiger partial charge in [0.25, 0.3) is 10.0 Å². The normalized spacial score (nSPS) is 11.8. The van der Waals surface area contributed by atoms with Gasteiger partial charge in [-0.05, 0) is 66.1 Å². The second-order valence-corrected chi connectivity index (χ2v) is 13.7. The lowest BCUT2D eigenvalue weighted by Crippen LogP contribution is -2.53. The van der Waals surface area contributed by atoms with E-state index in [2.05, 4.69) is 5.32 Å². The Hall–Kier alpha value is -4.25. The Balaban J connectivity index is 1.80. The maximum Gasteiger partial charge on any atom is 0.264 e. The fourth-order valence-electron chi connectivity index (χ4n) is 5.09. The Morgan fingerprint density at radius 3 is 2.04 bits per heavy atom. The van der Waals surface area contributed by atoms with Crippen molar-refractivity contribution in [1.82, 2.24) is 10.2 Å². The first-order valence-electron chi connectivity index (χ1n) is 15.4. The highest BCUT2D eigenvalue weighted by Gasteiger charge is 2.35. The van der Waals surface area contributed by atoms with Crippen molar-refractivity contribution in [2.75, 3.05) is 31.6 Å². The van der Waals surface area contributed by atoms with Crippen LogP contribution in [0, 0.1) is 0 Å². The van der Waals surface area contributed by atoms with E-state index in [9.17, 15) is 18.0 Å². The lowest BCUT2D eigenvalue weighted by Gasteiger charge is -2.34. The number of amides is 2. The van der Waals surface area contributed by atoms with Crippen LogP contribution in [0.3, 0.4) is 0 Å². The molecule has 0 heterocycles. The molecule has 9 nitrogen and oxygen atoms in total. The van der Waals surface area contributed by atoms with E-state index in [0.29, 0.717) is 27.9 Å². The van der Waals surface area contributed by atoms with E-state index in [4.69, 9.17) is 32.7 Å². The number of nitrogens with zero attached hydrogens (tertiary/aromatic N) is 2. The maximum atomic E-state index is 14.6. The molecule has 0 unspecified atom stereocenters. The molecular formula is C36H39Cl2N3O6S. The van der Waals surface area contributed by atoms with Crippen LogP contribution >= 0.6 is 23.2 Å². The van der Waals surface area contributed by atoms with Crippen LogP contribution in [0.25, 0.3) is 0 Å². The number of halogens is 2. The van der Waals surface area contributed by atoms with E-state index in [1.54, 1.807) is 36.4 Å². The smallest absolute Gasteiger partial charge is 0.264 e. The molecule has 1 N–H and O–H groups in total. The highest BCUT2D eigenvalue weighted by atomic mass is 35.5. The van der Waals surface area contributed by atoms with Gasteiger partial charge in [0.1, 0.15) is 12.6 Å². The zero-order valence-corrected chi connectivity index (χ0v) is 29.4. The first-order chi connectivity index (χ1) is 23.1. The van der Waals surface area contributed by atoms with E-state index in [0.717, 1.165) is 22.7 Å². The number of ether oxygens (including phenoxy) is 2. The number of methoxy groups -OCH3 is 2. The summed E-state index contributed by atoms with van der Waals surface area (Å²) in [7, 11) is -1.51. The van der Waals surface area contributed by atoms with Gasteiger partial charge in [-0.1, -0.05) is 79.0 Å². The van der Waals surface area contributed by atoms with Gasteiger partial charge < -0.3 is 19.7 Å². The molecule has 0 saturated heterocycles. The molecule has 4 rings (SSSR count). The fraction of sp³-hybridized carbons (Fsp3) is 0.278. The van der Waals surface area contributed by atoms with Crippen LogP contribution in [-0.4, -0.2) is 58.5 Å². The van der Waals surface area contributed by atoms with Crippen LogP contribution in [0.2, 0.25) is 10.0 Å². The largest absolute Gasteiger partial charge is 0.493 e. The third-order valence-corrected chi connectivity index (χ3v) is 9.98. The van der Waals surface area contributed by atoms with E-state index in [1.807, 2.05) is 37.3 Å². The second kappa shape index (κ2) is 17.2. The summed E-state index contributed by atoms with van der Waals surface area (Å²) in [5.74, 6) is -0.375. The van der Waals surface area contributed by atoms with E-state index in [1.165, 1.54) is 49.5 Å². The predicted octanol–water partition coefficient (Wildman–Crippen LogP) is 6.76. The van der Waals surface area contributed by atoms with Crippen LogP contribution in [0.4, 0.5) is 5.69 Å². The Morgan fingerprint density at radius 2 is 1.44 bits per heavy atom. The third kappa shape index (κ3) is 9.43. The molecule has 0 aliphatic heterocycles. The van der Waals surface area contributed by atoms with Crippen LogP contribution in [0.15, 0.2) is 102 Å². The lowest BCUT2D eigenvalue weighted by molar-refractivity contribution is -0.140. The van der Waals surface area contributed by atoms with Crippen molar-refractivity contribution in [2.24, 2.45) is 0 Å². The van der Waals surface area contributed by atoms with Gasteiger partial charge in [0.15, 0.2) is 11.5 Å². The van der Waals surface area contributed by atoms with Gasteiger partial charge in [0.05, 0.1) is 24.8 Å². The number of carbonyl (C=O) groups excluding carboxylic acids is 2.